The summed E-state index contributed by atoms with van der Waals surface area (Å²) in [4.78, 5) is 11.7. The van der Waals surface area contributed by atoms with Gasteiger partial charge in [-0.05, 0) is 30.5 Å². The minimum atomic E-state index is -0.540. The molecule has 17 heavy (non-hydrogen) atoms. The molecule has 1 aromatic carbocycles. The lowest BCUT2D eigenvalue weighted by Crippen LogP contribution is -2.28. The molecule has 0 aromatic heterocycles. The molecule has 0 spiro atoms. The average molecular weight is 304 g/mol. The van der Waals surface area contributed by atoms with Crippen LogP contribution in [0, 0.1) is 11.7 Å². The predicted molar refractivity (Wildman–Crippen MR) is 68.0 cm³/mol. The molecule has 0 radical (unpaired) electrons. The second kappa shape index (κ2) is 6.59. The van der Waals surface area contributed by atoms with E-state index in [4.69, 9.17) is 0 Å². The van der Waals surface area contributed by atoms with Crippen molar-refractivity contribution in [3.63, 3.8) is 0 Å². The van der Waals surface area contributed by atoms with E-state index in [1.54, 1.807) is 0 Å². The molecule has 0 aliphatic heterocycles. The van der Waals surface area contributed by atoms with Crippen LogP contribution in [0.25, 0.3) is 0 Å². The molecule has 3 nitrogen and oxygen atoms in total. The molecule has 2 N–H and O–H groups in total. The maximum atomic E-state index is 12.9. The molecule has 0 aliphatic rings. The van der Waals surface area contributed by atoms with E-state index in [1.165, 1.54) is 6.07 Å². The summed E-state index contributed by atoms with van der Waals surface area (Å²) in [5.41, 5.74) is -0.0314. The van der Waals surface area contributed by atoms with Crippen LogP contribution in [-0.2, 0) is 0 Å². The summed E-state index contributed by atoms with van der Waals surface area (Å²) >= 11 is 3.32. The van der Waals surface area contributed by atoms with E-state index in [0.29, 0.717) is 12.5 Å². The Morgan fingerprint density at radius 1 is 1.59 bits per heavy atom. The SMILES string of the molecule is CC(CCBr)CNC(=O)c1cc(F)ccc1O. The van der Waals surface area contributed by atoms with Crippen LogP contribution in [0.4, 0.5) is 4.39 Å². The second-order valence-corrected chi connectivity index (χ2v) is 4.75. The molecule has 1 amide bonds. The highest BCUT2D eigenvalue weighted by Gasteiger charge is 2.12. The van der Waals surface area contributed by atoms with Gasteiger partial charge in [0.2, 0.25) is 0 Å². The zero-order valence-corrected chi connectivity index (χ0v) is 11.1. The van der Waals surface area contributed by atoms with Gasteiger partial charge >= 0.3 is 0 Å². The first-order valence-corrected chi connectivity index (χ1v) is 6.49. The van der Waals surface area contributed by atoms with Gasteiger partial charge in [0.05, 0.1) is 5.56 Å². The number of carbonyl (C=O) groups excluding carboxylic acids is 1. The van der Waals surface area contributed by atoms with E-state index in [2.05, 4.69) is 21.2 Å². The number of halogens is 2. The lowest BCUT2D eigenvalue weighted by molar-refractivity contribution is 0.0944. The molecule has 1 atom stereocenters. The highest BCUT2D eigenvalue weighted by Crippen LogP contribution is 2.17. The van der Waals surface area contributed by atoms with Crippen molar-refractivity contribution in [3.8, 4) is 5.75 Å². The highest BCUT2D eigenvalue weighted by atomic mass is 79.9. The third kappa shape index (κ3) is 4.34. The Morgan fingerprint density at radius 2 is 2.29 bits per heavy atom. The van der Waals surface area contributed by atoms with Crippen molar-refractivity contribution in [2.75, 3.05) is 11.9 Å². The van der Waals surface area contributed by atoms with Crippen LogP contribution >= 0.6 is 15.9 Å². The van der Waals surface area contributed by atoms with Gasteiger partial charge in [-0.25, -0.2) is 4.39 Å². The molecule has 0 fully saturated rings. The number of phenols is 1. The van der Waals surface area contributed by atoms with Crippen molar-refractivity contribution in [3.05, 3.63) is 29.6 Å². The maximum Gasteiger partial charge on any atom is 0.255 e. The molecule has 0 saturated heterocycles. The fraction of sp³-hybridized carbons (Fsp3) is 0.417. The van der Waals surface area contributed by atoms with Crippen molar-refractivity contribution in [2.24, 2.45) is 5.92 Å². The van der Waals surface area contributed by atoms with Gasteiger partial charge in [-0.3, -0.25) is 4.79 Å². The van der Waals surface area contributed by atoms with Crippen LogP contribution in [0.2, 0.25) is 0 Å². The lowest BCUT2D eigenvalue weighted by atomic mass is 10.1. The monoisotopic (exact) mass is 303 g/mol. The molecule has 0 heterocycles. The minimum absolute atomic E-state index is 0.0314. The third-order valence-electron chi connectivity index (χ3n) is 2.42. The zero-order chi connectivity index (χ0) is 12.8. The summed E-state index contributed by atoms with van der Waals surface area (Å²) < 4.78 is 12.9. The first-order chi connectivity index (χ1) is 8.04. The smallest absolute Gasteiger partial charge is 0.255 e. The maximum absolute atomic E-state index is 12.9. The molecule has 1 rings (SSSR count). The molecule has 0 bridgehead atoms. The number of hydrogen-bond acceptors (Lipinski definition) is 2. The van der Waals surface area contributed by atoms with Gasteiger partial charge in [0, 0.05) is 11.9 Å². The highest BCUT2D eigenvalue weighted by molar-refractivity contribution is 9.09. The number of amides is 1. The van der Waals surface area contributed by atoms with Gasteiger partial charge < -0.3 is 10.4 Å². The topological polar surface area (TPSA) is 49.3 Å². The first kappa shape index (κ1) is 14.0. The molecule has 0 aliphatic carbocycles. The third-order valence-corrected chi connectivity index (χ3v) is 2.87. The van der Waals surface area contributed by atoms with Crippen LogP contribution in [0.15, 0.2) is 18.2 Å². The number of rotatable bonds is 5. The van der Waals surface area contributed by atoms with Gasteiger partial charge in [-0.15, -0.1) is 0 Å². The minimum Gasteiger partial charge on any atom is -0.507 e. The van der Waals surface area contributed by atoms with E-state index in [0.717, 1.165) is 23.9 Å². The van der Waals surface area contributed by atoms with Crippen molar-refractivity contribution >= 4 is 21.8 Å². The Bertz CT molecular complexity index is 398. The van der Waals surface area contributed by atoms with E-state index in [1.807, 2.05) is 6.92 Å². The Morgan fingerprint density at radius 3 is 2.94 bits per heavy atom. The summed E-state index contributed by atoms with van der Waals surface area (Å²) in [5, 5.41) is 13.0. The number of aromatic hydroxyl groups is 1. The second-order valence-electron chi connectivity index (χ2n) is 3.95. The van der Waals surface area contributed by atoms with E-state index in [-0.39, 0.29) is 11.3 Å². The van der Waals surface area contributed by atoms with Crippen LogP contribution < -0.4 is 5.32 Å². The average Bonchev–Trinajstić information content (AvgIpc) is 2.29. The fourth-order valence-electron chi connectivity index (χ4n) is 1.34. The quantitative estimate of drug-likeness (QED) is 0.822. The van der Waals surface area contributed by atoms with Gasteiger partial charge in [-0.1, -0.05) is 22.9 Å². The van der Waals surface area contributed by atoms with Gasteiger partial charge in [0.1, 0.15) is 11.6 Å². The van der Waals surface area contributed by atoms with Crippen molar-refractivity contribution in [2.45, 2.75) is 13.3 Å². The van der Waals surface area contributed by atoms with Crippen molar-refractivity contribution in [1.29, 1.82) is 0 Å². The number of benzene rings is 1. The molecule has 1 unspecified atom stereocenters. The standard InChI is InChI=1S/C12H15BrFNO2/c1-8(4-5-13)7-15-12(17)10-6-9(14)2-3-11(10)16/h2-3,6,8,16H,4-5,7H2,1H3,(H,15,17). The van der Waals surface area contributed by atoms with Crippen LogP contribution in [0.3, 0.4) is 0 Å². The number of phenolic OH excluding ortho intramolecular Hbond substituents is 1. The summed E-state index contributed by atoms with van der Waals surface area (Å²) in [6.07, 6.45) is 0.940. The Hall–Kier alpha value is -1.10. The molecule has 0 saturated carbocycles. The van der Waals surface area contributed by atoms with Gasteiger partial charge in [-0.2, -0.15) is 0 Å². The van der Waals surface area contributed by atoms with Gasteiger partial charge in [0.15, 0.2) is 0 Å². The predicted octanol–water partition coefficient (Wildman–Crippen LogP) is 2.68. The zero-order valence-electron chi connectivity index (χ0n) is 9.54. The molecular weight excluding hydrogens is 289 g/mol. The lowest BCUT2D eigenvalue weighted by Gasteiger charge is -2.11. The van der Waals surface area contributed by atoms with E-state index < -0.39 is 11.7 Å². The summed E-state index contributed by atoms with van der Waals surface area (Å²) in [7, 11) is 0. The summed E-state index contributed by atoms with van der Waals surface area (Å²) in [6, 6.07) is 3.31. The number of carbonyl (C=O) groups is 1. The number of alkyl halides is 1. The number of nitrogens with one attached hydrogen (secondary N) is 1. The van der Waals surface area contributed by atoms with Crippen LogP contribution in [-0.4, -0.2) is 22.9 Å². The molecule has 94 valence electrons. The van der Waals surface area contributed by atoms with Crippen molar-refractivity contribution in [1.82, 2.24) is 5.32 Å². The normalized spacial score (nSPS) is 12.2. The van der Waals surface area contributed by atoms with E-state index in [9.17, 15) is 14.3 Å². The summed E-state index contributed by atoms with van der Waals surface area (Å²) in [5.74, 6) is -0.879. The van der Waals surface area contributed by atoms with Crippen molar-refractivity contribution < 1.29 is 14.3 Å². The Kier molecular flexibility index (Phi) is 5.41. The molecular formula is C12H15BrFNO2. The Labute approximate surface area is 108 Å². The molecule has 1 aromatic rings. The Balaban J connectivity index is 2.61. The number of hydrogen-bond donors (Lipinski definition) is 2. The largest absolute Gasteiger partial charge is 0.507 e. The van der Waals surface area contributed by atoms with E-state index >= 15 is 0 Å². The molecule has 5 heteroatoms. The fourth-order valence-corrected chi connectivity index (χ4v) is 2.12. The van der Waals surface area contributed by atoms with Crippen LogP contribution in [0.1, 0.15) is 23.7 Å². The first-order valence-electron chi connectivity index (χ1n) is 5.37. The van der Waals surface area contributed by atoms with Gasteiger partial charge in [0.25, 0.3) is 5.91 Å². The van der Waals surface area contributed by atoms with Crippen LogP contribution in [0.5, 0.6) is 5.75 Å². The summed E-state index contributed by atoms with van der Waals surface area (Å²) in [6.45, 7) is 2.51.